The summed E-state index contributed by atoms with van der Waals surface area (Å²) in [4.78, 5) is 26.9. The normalized spacial score (nSPS) is 11.7. The summed E-state index contributed by atoms with van der Waals surface area (Å²) in [5.41, 5.74) is 1.65. The Morgan fingerprint density at radius 2 is 1.91 bits per heavy atom. The fourth-order valence-electron chi connectivity index (χ4n) is 3.46. The SMILES string of the molecule is Cn1c2ccncc2c2ccc(Nc3ccc(N(CCF)C(=O)OC(C)(C)C)cn3)nc21. The third-order valence-corrected chi connectivity index (χ3v) is 4.88. The number of amides is 1. The van der Waals surface area contributed by atoms with E-state index in [-0.39, 0.29) is 6.54 Å². The first kappa shape index (κ1) is 21.5. The molecule has 0 aliphatic carbocycles. The van der Waals surface area contributed by atoms with Gasteiger partial charge in [0.15, 0.2) is 0 Å². The summed E-state index contributed by atoms with van der Waals surface area (Å²) >= 11 is 0. The van der Waals surface area contributed by atoms with Crippen molar-refractivity contribution in [1.82, 2.24) is 19.5 Å². The summed E-state index contributed by atoms with van der Waals surface area (Å²) in [7, 11) is 1.96. The van der Waals surface area contributed by atoms with Crippen LogP contribution in [-0.2, 0) is 11.8 Å². The molecule has 4 heterocycles. The predicted molar refractivity (Wildman–Crippen MR) is 123 cm³/mol. The number of aromatic nitrogens is 4. The minimum absolute atomic E-state index is 0.114. The van der Waals surface area contributed by atoms with Gasteiger partial charge in [-0.15, -0.1) is 0 Å². The summed E-state index contributed by atoms with van der Waals surface area (Å²) in [6.07, 6.45) is 4.48. The number of pyridine rings is 3. The maximum absolute atomic E-state index is 13.0. The summed E-state index contributed by atoms with van der Waals surface area (Å²) in [6, 6.07) is 9.23. The molecule has 0 aliphatic heterocycles. The molecule has 4 rings (SSSR count). The maximum Gasteiger partial charge on any atom is 0.414 e. The van der Waals surface area contributed by atoms with Crippen LogP contribution in [-0.4, -0.2) is 44.4 Å². The highest BCUT2D eigenvalue weighted by Crippen LogP contribution is 2.28. The zero-order valence-corrected chi connectivity index (χ0v) is 18.5. The summed E-state index contributed by atoms with van der Waals surface area (Å²) in [5, 5.41) is 5.23. The van der Waals surface area contributed by atoms with Gasteiger partial charge in [-0.3, -0.25) is 9.88 Å². The largest absolute Gasteiger partial charge is 0.443 e. The van der Waals surface area contributed by atoms with Crippen molar-refractivity contribution in [3.63, 3.8) is 0 Å². The fourth-order valence-corrected chi connectivity index (χ4v) is 3.46. The van der Waals surface area contributed by atoms with Crippen molar-refractivity contribution in [2.75, 3.05) is 23.4 Å². The second-order valence-corrected chi connectivity index (χ2v) is 8.37. The van der Waals surface area contributed by atoms with Gasteiger partial charge in [0.05, 0.1) is 23.9 Å². The molecule has 1 amide bonds. The first-order valence-electron chi connectivity index (χ1n) is 10.3. The molecule has 0 aromatic carbocycles. The molecule has 0 bridgehead atoms. The number of hydrogen-bond donors (Lipinski definition) is 1. The van der Waals surface area contributed by atoms with E-state index in [1.807, 2.05) is 36.0 Å². The second-order valence-electron chi connectivity index (χ2n) is 8.37. The lowest BCUT2D eigenvalue weighted by Gasteiger charge is -2.26. The van der Waals surface area contributed by atoms with E-state index >= 15 is 0 Å². The molecule has 9 heteroatoms. The Hall–Kier alpha value is -3.75. The van der Waals surface area contributed by atoms with Gasteiger partial charge in [-0.2, -0.15) is 0 Å². The molecule has 8 nitrogen and oxygen atoms in total. The molecule has 0 saturated carbocycles. The van der Waals surface area contributed by atoms with Crippen LogP contribution in [0.1, 0.15) is 20.8 Å². The van der Waals surface area contributed by atoms with E-state index in [0.29, 0.717) is 17.3 Å². The topological polar surface area (TPSA) is 85.2 Å². The number of carbonyl (C=O) groups excluding carboxylic acids is 1. The first-order valence-corrected chi connectivity index (χ1v) is 10.3. The zero-order valence-electron chi connectivity index (χ0n) is 18.5. The zero-order chi connectivity index (χ0) is 22.9. The maximum atomic E-state index is 13.0. The van der Waals surface area contributed by atoms with E-state index in [2.05, 4.69) is 15.3 Å². The van der Waals surface area contributed by atoms with Crippen molar-refractivity contribution >= 4 is 45.4 Å². The molecule has 0 atom stereocenters. The lowest BCUT2D eigenvalue weighted by molar-refractivity contribution is 0.0578. The van der Waals surface area contributed by atoms with Gasteiger partial charge in [-0.05, 0) is 51.1 Å². The molecule has 1 N–H and O–H groups in total. The molecule has 0 fully saturated rings. The second kappa shape index (κ2) is 8.41. The van der Waals surface area contributed by atoms with E-state index in [4.69, 9.17) is 9.72 Å². The van der Waals surface area contributed by atoms with Crippen LogP contribution in [0.3, 0.4) is 0 Å². The van der Waals surface area contributed by atoms with Gasteiger partial charge >= 0.3 is 6.09 Å². The van der Waals surface area contributed by atoms with Crippen LogP contribution in [0.25, 0.3) is 21.9 Å². The smallest absolute Gasteiger partial charge is 0.414 e. The van der Waals surface area contributed by atoms with Gasteiger partial charge in [0.2, 0.25) is 0 Å². The van der Waals surface area contributed by atoms with Crippen LogP contribution >= 0.6 is 0 Å². The number of anilines is 3. The van der Waals surface area contributed by atoms with E-state index in [0.717, 1.165) is 21.9 Å². The average molecular weight is 436 g/mol. The van der Waals surface area contributed by atoms with Crippen LogP contribution < -0.4 is 10.2 Å². The lowest BCUT2D eigenvalue weighted by Crippen LogP contribution is -2.38. The molecule has 0 radical (unpaired) electrons. The van der Waals surface area contributed by atoms with Crippen LogP contribution in [0.15, 0.2) is 48.9 Å². The van der Waals surface area contributed by atoms with Crippen LogP contribution in [0.2, 0.25) is 0 Å². The Morgan fingerprint density at radius 3 is 2.59 bits per heavy atom. The van der Waals surface area contributed by atoms with Gasteiger partial charge in [0.1, 0.15) is 29.6 Å². The van der Waals surface area contributed by atoms with Gasteiger partial charge in [0, 0.05) is 30.2 Å². The first-order chi connectivity index (χ1) is 15.3. The van der Waals surface area contributed by atoms with E-state index in [1.165, 1.54) is 11.1 Å². The highest BCUT2D eigenvalue weighted by Gasteiger charge is 2.23. The molecule has 4 aromatic heterocycles. The minimum atomic E-state index is -0.691. The van der Waals surface area contributed by atoms with Crippen LogP contribution in [0.5, 0.6) is 0 Å². The number of nitrogens with one attached hydrogen (secondary N) is 1. The number of alkyl halides is 1. The number of halogens is 1. The van der Waals surface area contributed by atoms with Crippen molar-refractivity contribution in [1.29, 1.82) is 0 Å². The van der Waals surface area contributed by atoms with Crippen molar-refractivity contribution in [2.45, 2.75) is 26.4 Å². The number of hydrogen-bond acceptors (Lipinski definition) is 6. The van der Waals surface area contributed by atoms with Gasteiger partial charge in [0.25, 0.3) is 0 Å². The molecule has 4 aromatic rings. The molecular formula is C23H25FN6O2. The monoisotopic (exact) mass is 436 g/mol. The number of fused-ring (bicyclic) bond motifs is 3. The highest BCUT2D eigenvalue weighted by atomic mass is 19.1. The van der Waals surface area contributed by atoms with Crippen molar-refractivity contribution < 1.29 is 13.9 Å². The molecule has 0 spiro atoms. The number of aryl methyl sites for hydroxylation is 1. The number of ether oxygens (including phenoxy) is 1. The number of carbonyl (C=O) groups is 1. The van der Waals surface area contributed by atoms with E-state index in [1.54, 1.807) is 39.1 Å². The Bertz CT molecular complexity index is 1260. The Kier molecular flexibility index (Phi) is 5.65. The third-order valence-electron chi connectivity index (χ3n) is 4.88. The standard InChI is InChI=1S/C23H25FN6O2/c1-23(2,3)32-22(31)30(12-10-24)15-5-7-19(26-13-15)27-20-8-6-16-17-14-25-11-9-18(17)29(4)21(16)28-20/h5-9,11,13-14H,10,12H2,1-4H3,(H,26,27,28). The molecular weight excluding hydrogens is 411 g/mol. The summed E-state index contributed by atoms with van der Waals surface area (Å²) < 4.78 is 20.4. The predicted octanol–water partition coefficient (Wildman–Crippen LogP) is 4.97. The van der Waals surface area contributed by atoms with E-state index in [9.17, 15) is 9.18 Å². The summed E-state index contributed by atoms with van der Waals surface area (Å²) in [6.45, 7) is 4.49. The Labute approximate surface area is 185 Å². The molecule has 0 unspecified atom stereocenters. The third kappa shape index (κ3) is 4.32. The van der Waals surface area contributed by atoms with Crippen molar-refractivity contribution in [3.8, 4) is 0 Å². The molecule has 32 heavy (non-hydrogen) atoms. The van der Waals surface area contributed by atoms with Gasteiger partial charge in [-0.1, -0.05) is 0 Å². The van der Waals surface area contributed by atoms with Crippen molar-refractivity contribution in [3.05, 3.63) is 48.9 Å². The fraction of sp³-hybridized carbons (Fsp3) is 0.304. The quantitative estimate of drug-likeness (QED) is 0.475. The van der Waals surface area contributed by atoms with Crippen LogP contribution in [0, 0.1) is 0 Å². The number of rotatable bonds is 5. The molecule has 166 valence electrons. The molecule has 0 aliphatic rings. The van der Waals surface area contributed by atoms with E-state index < -0.39 is 18.4 Å². The van der Waals surface area contributed by atoms with Gasteiger partial charge < -0.3 is 14.6 Å². The Balaban J connectivity index is 1.56. The summed E-state index contributed by atoms with van der Waals surface area (Å²) in [5.74, 6) is 1.18. The van der Waals surface area contributed by atoms with Crippen molar-refractivity contribution in [2.24, 2.45) is 7.05 Å². The Morgan fingerprint density at radius 1 is 1.12 bits per heavy atom. The number of nitrogens with zero attached hydrogens (tertiary/aromatic N) is 5. The highest BCUT2D eigenvalue weighted by molar-refractivity contribution is 6.06. The van der Waals surface area contributed by atoms with Crippen LogP contribution in [0.4, 0.5) is 26.5 Å². The average Bonchev–Trinajstić information content (AvgIpc) is 3.03. The lowest BCUT2D eigenvalue weighted by atomic mass is 10.2. The van der Waals surface area contributed by atoms with Gasteiger partial charge in [-0.25, -0.2) is 19.2 Å². The minimum Gasteiger partial charge on any atom is -0.443 e. The molecule has 0 saturated heterocycles.